The monoisotopic (exact) mass is 298 g/mol. The van der Waals surface area contributed by atoms with Gasteiger partial charge in [-0.05, 0) is 31.0 Å². The van der Waals surface area contributed by atoms with Crippen LogP contribution in [0.4, 0.5) is 4.79 Å². The topological polar surface area (TPSA) is 50.4 Å². The summed E-state index contributed by atoms with van der Waals surface area (Å²) in [6.45, 7) is 5.07. The smallest absolute Gasteiger partial charge is 0.314 e. The summed E-state index contributed by atoms with van der Waals surface area (Å²) in [5.41, 5.74) is 0.328. The summed E-state index contributed by atoms with van der Waals surface area (Å²) in [4.78, 5) is 11.7. The van der Waals surface area contributed by atoms with Crippen LogP contribution in [0.25, 0.3) is 0 Å². The van der Waals surface area contributed by atoms with Crippen molar-refractivity contribution in [1.29, 1.82) is 0 Å². The Morgan fingerprint density at radius 3 is 2.75 bits per heavy atom. The van der Waals surface area contributed by atoms with Crippen molar-refractivity contribution in [3.8, 4) is 0 Å². The molecule has 0 spiro atoms. The fourth-order valence-corrected chi connectivity index (χ4v) is 1.99. The molecule has 0 fully saturated rings. The van der Waals surface area contributed by atoms with Crippen molar-refractivity contribution >= 4 is 17.6 Å². The predicted octanol–water partition coefficient (Wildman–Crippen LogP) is 3.30. The highest BCUT2D eigenvalue weighted by atomic mass is 35.5. The quantitative estimate of drug-likeness (QED) is 0.759. The molecule has 0 bridgehead atoms. The van der Waals surface area contributed by atoms with E-state index in [4.69, 9.17) is 16.3 Å². The first-order valence-electron chi connectivity index (χ1n) is 6.84. The SMILES string of the molecule is CCCCNC(=O)NCC(C)(OC)c1cccc(Cl)c1. The molecular formula is C15H23ClN2O2. The lowest BCUT2D eigenvalue weighted by Gasteiger charge is -2.29. The normalized spacial score (nSPS) is 13.6. The van der Waals surface area contributed by atoms with Gasteiger partial charge in [0.15, 0.2) is 0 Å². The molecule has 4 nitrogen and oxygen atoms in total. The molecule has 5 heteroatoms. The summed E-state index contributed by atoms with van der Waals surface area (Å²) < 4.78 is 5.55. The number of halogens is 1. The number of nitrogens with one attached hydrogen (secondary N) is 2. The molecule has 0 aromatic heterocycles. The molecule has 2 amide bonds. The lowest BCUT2D eigenvalue weighted by molar-refractivity contribution is 0.00489. The summed E-state index contributed by atoms with van der Waals surface area (Å²) >= 11 is 6.00. The molecule has 2 N–H and O–H groups in total. The highest BCUT2D eigenvalue weighted by Gasteiger charge is 2.27. The van der Waals surface area contributed by atoms with Crippen LogP contribution in [-0.4, -0.2) is 26.2 Å². The van der Waals surface area contributed by atoms with E-state index in [1.807, 2.05) is 31.2 Å². The van der Waals surface area contributed by atoms with Crippen LogP contribution in [0.1, 0.15) is 32.3 Å². The molecule has 0 heterocycles. The second kappa shape index (κ2) is 8.12. The van der Waals surface area contributed by atoms with E-state index in [0.717, 1.165) is 18.4 Å². The van der Waals surface area contributed by atoms with Gasteiger partial charge in [0, 0.05) is 18.7 Å². The first-order valence-corrected chi connectivity index (χ1v) is 7.22. The number of carbonyl (C=O) groups excluding carboxylic acids is 1. The van der Waals surface area contributed by atoms with Crippen LogP contribution in [0.2, 0.25) is 5.02 Å². The van der Waals surface area contributed by atoms with Crippen LogP contribution in [0.3, 0.4) is 0 Å². The average Bonchev–Trinajstić information content (AvgIpc) is 2.45. The van der Waals surface area contributed by atoms with Crippen molar-refractivity contribution in [2.45, 2.75) is 32.3 Å². The third-order valence-corrected chi connectivity index (χ3v) is 3.52. The molecule has 0 radical (unpaired) electrons. The van der Waals surface area contributed by atoms with E-state index in [2.05, 4.69) is 17.6 Å². The number of amides is 2. The van der Waals surface area contributed by atoms with Crippen LogP contribution in [0, 0.1) is 0 Å². The first-order chi connectivity index (χ1) is 9.51. The number of carbonyl (C=O) groups is 1. The molecule has 1 aromatic rings. The van der Waals surface area contributed by atoms with Crippen LogP contribution in [0.5, 0.6) is 0 Å². The van der Waals surface area contributed by atoms with Crippen molar-refractivity contribution in [2.24, 2.45) is 0 Å². The van der Waals surface area contributed by atoms with Gasteiger partial charge in [0.25, 0.3) is 0 Å². The molecule has 0 aliphatic carbocycles. The lowest BCUT2D eigenvalue weighted by Crippen LogP contribution is -2.44. The minimum Gasteiger partial charge on any atom is -0.372 e. The summed E-state index contributed by atoms with van der Waals surface area (Å²) in [6, 6.07) is 7.29. The fourth-order valence-electron chi connectivity index (χ4n) is 1.80. The van der Waals surface area contributed by atoms with Crippen LogP contribution in [0.15, 0.2) is 24.3 Å². The summed E-state index contributed by atoms with van der Waals surface area (Å²) in [5, 5.41) is 6.30. The lowest BCUT2D eigenvalue weighted by atomic mass is 9.96. The van der Waals surface area contributed by atoms with Gasteiger partial charge in [0.2, 0.25) is 0 Å². The Morgan fingerprint density at radius 2 is 2.15 bits per heavy atom. The Kier molecular flexibility index (Phi) is 6.82. The van der Waals surface area contributed by atoms with Crippen LogP contribution >= 0.6 is 11.6 Å². The van der Waals surface area contributed by atoms with Gasteiger partial charge < -0.3 is 15.4 Å². The molecule has 0 saturated carbocycles. The molecule has 112 valence electrons. The molecule has 1 atom stereocenters. The van der Waals surface area contributed by atoms with E-state index in [9.17, 15) is 4.79 Å². The molecule has 20 heavy (non-hydrogen) atoms. The van der Waals surface area contributed by atoms with Gasteiger partial charge >= 0.3 is 6.03 Å². The van der Waals surface area contributed by atoms with Gasteiger partial charge in [-0.2, -0.15) is 0 Å². The van der Waals surface area contributed by atoms with E-state index in [1.165, 1.54) is 0 Å². The summed E-state index contributed by atoms with van der Waals surface area (Å²) in [6.07, 6.45) is 2.03. The maximum atomic E-state index is 11.7. The Balaban J connectivity index is 2.59. The van der Waals surface area contributed by atoms with Gasteiger partial charge in [-0.1, -0.05) is 37.1 Å². The van der Waals surface area contributed by atoms with Gasteiger partial charge in [0.1, 0.15) is 5.60 Å². The maximum Gasteiger partial charge on any atom is 0.314 e. The van der Waals surface area contributed by atoms with Crippen LogP contribution in [-0.2, 0) is 10.3 Å². The Hall–Kier alpha value is -1.26. The van der Waals surface area contributed by atoms with E-state index in [1.54, 1.807) is 7.11 Å². The van der Waals surface area contributed by atoms with E-state index >= 15 is 0 Å². The van der Waals surface area contributed by atoms with Gasteiger partial charge in [-0.25, -0.2) is 4.79 Å². The Morgan fingerprint density at radius 1 is 1.40 bits per heavy atom. The molecule has 0 saturated heterocycles. The molecule has 0 aliphatic rings. The average molecular weight is 299 g/mol. The van der Waals surface area contributed by atoms with Crippen molar-refractivity contribution in [1.82, 2.24) is 10.6 Å². The van der Waals surface area contributed by atoms with Gasteiger partial charge in [0.05, 0.1) is 6.54 Å². The number of methoxy groups -OCH3 is 1. The van der Waals surface area contributed by atoms with Crippen molar-refractivity contribution in [3.63, 3.8) is 0 Å². The molecule has 1 rings (SSSR count). The third kappa shape index (κ3) is 5.02. The number of ether oxygens (including phenoxy) is 1. The van der Waals surface area contributed by atoms with Crippen LogP contribution < -0.4 is 10.6 Å². The van der Waals surface area contributed by atoms with Crippen molar-refractivity contribution in [3.05, 3.63) is 34.9 Å². The summed E-state index contributed by atoms with van der Waals surface area (Å²) in [7, 11) is 1.62. The maximum absolute atomic E-state index is 11.7. The predicted molar refractivity (Wildman–Crippen MR) is 82.1 cm³/mol. The van der Waals surface area contributed by atoms with Crippen molar-refractivity contribution < 1.29 is 9.53 Å². The summed E-state index contributed by atoms with van der Waals surface area (Å²) in [5.74, 6) is 0. The standard InChI is InChI=1S/C15H23ClN2O2/c1-4-5-9-17-14(19)18-11-15(2,20-3)12-7-6-8-13(16)10-12/h6-8,10H,4-5,9,11H2,1-3H3,(H2,17,18,19). The van der Waals surface area contributed by atoms with Crippen molar-refractivity contribution in [2.75, 3.05) is 20.2 Å². The number of benzene rings is 1. The van der Waals surface area contributed by atoms with Gasteiger partial charge in [-0.3, -0.25) is 0 Å². The third-order valence-electron chi connectivity index (χ3n) is 3.29. The molecule has 0 aliphatic heterocycles. The minimum atomic E-state index is -0.604. The highest BCUT2D eigenvalue weighted by molar-refractivity contribution is 6.30. The number of hydrogen-bond acceptors (Lipinski definition) is 2. The van der Waals surface area contributed by atoms with Gasteiger partial charge in [-0.15, -0.1) is 0 Å². The second-order valence-corrected chi connectivity index (χ2v) is 5.34. The zero-order valence-corrected chi connectivity index (χ0v) is 13.1. The Bertz CT molecular complexity index is 440. The molecular weight excluding hydrogens is 276 g/mol. The van der Waals surface area contributed by atoms with E-state index < -0.39 is 5.60 Å². The number of urea groups is 1. The number of hydrogen-bond donors (Lipinski definition) is 2. The molecule has 1 aromatic carbocycles. The minimum absolute atomic E-state index is 0.177. The first kappa shape index (κ1) is 16.8. The second-order valence-electron chi connectivity index (χ2n) is 4.91. The van der Waals surface area contributed by atoms with E-state index in [-0.39, 0.29) is 6.03 Å². The van der Waals surface area contributed by atoms with E-state index in [0.29, 0.717) is 18.1 Å². The molecule has 1 unspecified atom stereocenters. The Labute approximate surface area is 125 Å². The highest BCUT2D eigenvalue weighted by Crippen LogP contribution is 2.26. The zero-order valence-electron chi connectivity index (χ0n) is 12.3. The zero-order chi connectivity index (χ0) is 15.0. The largest absolute Gasteiger partial charge is 0.372 e. The number of unbranched alkanes of at least 4 members (excludes halogenated alkanes) is 1. The number of rotatable bonds is 7. The fraction of sp³-hybridized carbons (Fsp3) is 0.533.